The van der Waals surface area contributed by atoms with Crippen molar-refractivity contribution in [2.45, 2.75) is 13.1 Å². The molecule has 1 aromatic heterocycles. The van der Waals surface area contributed by atoms with E-state index in [-0.39, 0.29) is 0 Å². The molecule has 0 saturated heterocycles. The first-order chi connectivity index (χ1) is 8.91. The maximum Gasteiger partial charge on any atom is 0.416 e. The van der Waals surface area contributed by atoms with Gasteiger partial charge in [0.15, 0.2) is 0 Å². The summed E-state index contributed by atoms with van der Waals surface area (Å²) in [6, 6.07) is 9.90. The quantitative estimate of drug-likeness (QED) is 0.780. The Morgan fingerprint density at radius 1 is 1.05 bits per heavy atom. The molecule has 0 aliphatic rings. The molecule has 2 rings (SSSR count). The van der Waals surface area contributed by atoms with Crippen molar-refractivity contribution in [1.29, 1.82) is 5.26 Å². The van der Waals surface area contributed by atoms with Crippen LogP contribution in [0.5, 0.6) is 0 Å². The zero-order chi connectivity index (χ0) is 14.0. The molecule has 0 saturated carbocycles. The van der Waals surface area contributed by atoms with E-state index >= 15 is 0 Å². The minimum Gasteiger partial charge on any atom is -0.252 e. The Bertz CT molecular complexity index is 637. The van der Waals surface area contributed by atoms with Gasteiger partial charge in [-0.15, -0.1) is 0 Å². The van der Waals surface area contributed by atoms with Gasteiger partial charge in [-0.1, -0.05) is 12.1 Å². The maximum absolute atomic E-state index is 12.5. The van der Waals surface area contributed by atoms with Gasteiger partial charge < -0.3 is 0 Å². The van der Waals surface area contributed by atoms with Crippen LogP contribution in [0.4, 0.5) is 13.2 Å². The van der Waals surface area contributed by atoms with Gasteiger partial charge in [0.2, 0.25) is 0 Å². The highest BCUT2D eigenvalue weighted by atomic mass is 19.4. The highest BCUT2D eigenvalue weighted by Crippen LogP contribution is 2.31. The zero-order valence-corrected chi connectivity index (χ0v) is 9.99. The Morgan fingerprint density at radius 3 is 2.21 bits per heavy atom. The zero-order valence-electron chi connectivity index (χ0n) is 9.99. The molecule has 0 radical (unpaired) electrons. The molecule has 0 aliphatic heterocycles. The number of rotatable bonds is 1. The smallest absolute Gasteiger partial charge is 0.252 e. The number of alkyl halides is 3. The van der Waals surface area contributed by atoms with Crippen molar-refractivity contribution in [3.63, 3.8) is 0 Å². The van der Waals surface area contributed by atoms with Crippen molar-refractivity contribution < 1.29 is 13.2 Å². The van der Waals surface area contributed by atoms with E-state index < -0.39 is 11.7 Å². The van der Waals surface area contributed by atoms with Crippen LogP contribution in [0.25, 0.3) is 11.3 Å². The average Bonchev–Trinajstić information content (AvgIpc) is 2.38. The first kappa shape index (κ1) is 13.1. The minimum absolute atomic E-state index is 0.338. The number of nitriles is 1. The molecule has 0 fully saturated rings. The number of hydrogen-bond donors (Lipinski definition) is 0. The number of halogens is 3. The number of pyridine rings is 1. The first-order valence-corrected chi connectivity index (χ1v) is 5.47. The lowest BCUT2D eigenvalue weighted by Gasteiger charge is -2.08. The van der Waals surface area contributed by atoms with Crippen LogP contribution in [0.1, 0.15) is 16.8 Å². The van der Waals surface area contributed by atoms with E-state index in [0.717, 1.165) is 12.1 Å². The van der Waals surface area contributed by atoms with Crippen LogP contribution in [0.15, 0.2) is 36.4 Å². The van der Waals surface area contributed by atoms with E-state index in [4.69, 9.17) is 5.26 Å². The summed E-state index contributed by atoms with van der Waals surface area (Å²) in [5.41, 5.74) is 1.21. The van der Waals surface area contributed by atoms with Crippen LogP contribution in [-0.2, 0) is 6.18 Å². The Hall–Kier alpha value is -2.35. The van der Waals surface area contributed by atoms with E-state index in [1.165, 1.54) is 12.1 Å². The number of aryl methyl sites for hydroxylation is 1. The van der Waals surface area contributed by atoms with Crippen LogP contribution in [0, 0.1) is 18.3 Å². The molecule has 0 aliphatic carbocycles. The molecule has 0 spiro atoms. The summed E-state index contributed by atoms with van der Waals surface area (Å²) in [5, 5.41) is 8.98. The van der Waals surface area contributed by atoms with Crippen LogP contribution in [-0.4, -0.2) is 4.98 Å². The molecule has 2 nitrogen and oxygen atoms in total. The molecule has 0 amide bonds. The third kappa shape index (κ3) is 2.74. The summed E-state index contributed by atoms with van der Waals surface area (Å²) in [5.74, 6) is 0. The van der Waals surface area contributed by atoms with Gasteiger partial charge in [0.05, 0.1) is 16.8 Å². The summed E-state index contributed by atoms with van der Waals surface area (Å²) in [4.78, 5) is 4.20. The van der Waals surface area contributed by atoms with Crippen molar-refractivity contribution in [2.24, 2.45) is 0 Å². The average molecular weight is 262 g/mol. The predicted molar refractivity (Wildman–Crippen MR) is 64.1 cm³/mol. The summed E-state index contributed by atoms with van der Waals surface area (Å²) < 4.78 is 37.4. The standard InChI is InChI=1S/C14H9F3N2/c1-9-2-3-11(8-18)13(19-9)10-4-6-12(7-5-10)14(15,16)17/h2-7H,1H3. The number of hydrogen-bond acceptors (Lipinski definition) is 2. The van der Waals surface area contributed by atoms with E-state index in [1.54, 1.807) is 19.1 Å². The Balaban J connectivity index is 2.49. The lowest BCUT2D eigenvalue weighted by atomic mass is 10.0. The van der Waals surface area contributed by atoms with Crippen LogP contribution < -0.4 is 0 Å². The molecule has 0 unspecified atom stereocenters. The highest BCUT2D eigenvalue weighted by Gasteiger charge is 2.30. The first-order valence-electron chi connectivity index (χ1n) is 5.47. The van der Waals surface area contributed by atoms with Crippen molar-refractivity contribution in [3.05, 3.63) is 53.2 Å². The Labute approximate surface area is 108 Å². The van der Waals surface area contributed by atoms with Crippen molar-refractivity contribution in [2.75, 3.05) is 0 Å². The highest BCUT2D eigenvalue weighted by molar-refractivity contribution is 5.66. The van der Waals surface area contributed by atoms with Crippen molar-refractivity contribution >= 4 is 0 Å². The van der Waals surface area contributed by atoms with E-state index in [9.17, 15) is 13.2 Å². The number of benzene rings is 1. The van der Waals surface area contributed by atoms with Gasteiger partial charge in [0, 0.05) is 11.3 Å². The van der Waals surface area contributed by atoms with Gasteiger partial charge in [-0.2, -0.15) is 18.4 Å². The lowest BCUT2D eigenvalue weighted by molar-refractivity contribution is -0.137. The lowest BCUT2D eigenvalue weighted by Crippen LogP contribution is -2.04. The van der Waals surface area contributed by atoms with Gasteiger partial charge in [0.25, 0.3) is 0 Å². The van der Waals surface area contributed by atoms with Gasteiger partial charge in [-0.05, 0) is 31.2 Å². The number of nitrogens with zero attached hydrogens (tertiary/aromatic N) is 2. The molecule has 19 heavy (non-hydrogen) atoms. The van der Waals surface area contributed by atoms with Crippen LogP contribution >= 0.6 is 0 Å². The van der Waals surface area contributed by atoms with Gasteiger partial charge in [0.1, 0.15) is 6.07 Å². The molecule has 0 bridgehead atoms. The van der Waals surface area contributed by atoms with Gasteiger partial charge in [-0.3, -0.25) is 4.98 Å². The molecule has 2 aromatic rings. The fourth-order valence-corrected chi connectivity index (χ4v) is 1.68. The molecule has 1 aromatic carbocycles. The minimum atomic E-state index is -4.36. The SMILES string of the molecule is Cc1ccc(C#N)c(-c2ccc(C(F)(F)F)cc2)n1. The van der Waals surface area contributed by atoms with E-state index in [1.807, 2.05) is 6.07 Å². The summed E-state index contributed by atoms with van der Waals surface area (Å²) in [7, 11) is 0. The van der Waals surface area contributed by atoms with Crippen molar-refractivity contribution in [3.8, 4) is 17.3 Å². The second-order valence-corrected chi connectivity index (χ2v) is 4.04. The maximum atomic E-state index is 12.5. The molecular formula is C14H9F3N2. The largest absolute Gasteiger partial charge is 0.416 e. The number of aromatic nitrogens is 1. The third-order valence-corrected chi connectivity index (χ3v) is 2.64. The second-order valence-electron chi connectivity index (χ2n) is 4.04. The van der Waals surface area contributed by atoms with Crippen LogP contribution in [0.3, 0.4) is 0 Å². The van der Waals surface area contributed by atoms with E-state index in [0.29, 0.717) is 22.5 Å². The molecule has 5 heteroatoms. The Kier molecular flexibility index (Phi) is 3.26. The third-order valence-electron chi connectivity index (χ3n) is 2.64. The van der Waals surface area contributed by atoms with E-state index in [2.05, 4.69) is 4.98 Å². The predicted octanol–water partition coefficient (Wildman–Crippen LogP) is 3.95. The topological polar surface area (TPSA) is 36.7 Å². The molecule has 0 N–H and O–H groups in total. The molecule has 0 atom stereocenters. The molecule has 1 heterocycles. The molecule has 96 valence electrons. The fourth-order valence-electron chi connectivity index (χ4n) is 1.68. The van der Waals surface area contributed by atoms with Gasteiger partial charge in [-0.25, -0.2) is 0 Å². The summed E-state index contributed by atoms with van der Waals surface area (Å²) >= 11 is 0. The van der Waals surface area contributed by atoms with Crippen molar-refractivity contribution in [1.82, 2.24) is 4.98 Å². The summed E-state index contributed by atoms with van der Waals surface area (Å²) in [6.45, 7) is 1.76. The second kappa shape index (κ2) is 4.73. The molecular weight excluding hydrogens is 253 g/mol. The summed E-state index contributed by atoms with van der Waals surface area (Å²) in [6.07, 6.45) is -4.36. The fraction of sp³-hybridized carbons (Fsp3) is 0.143. The van der Waals surface area contributed by atoms with Gasteiger partial charge >= 0.3 is 6.18 Å². The normalized spacial score (nSPS) is 11.1. The van der Waals surface area contributed by atoms with Crippen LogP contribution in [0.2, 0.25) is 0 Å². The Morgan fingerprint density at radius 2 is 1.68 bits per heavy atom. The monoisotopic (exact) mass is 262 g/mol.